The Morgan fingerprint density at radius 3 is 2.29 bits per heavy atom. The quantitative estimate of drug-likeness (QED) is 0.266. The van der Waals surface area contributed by atoms with Crippen LogP contribution in [-0.2, 0) is 20.9 Å². The molecule has 0 spiro atoms. The zero-order valence-corrected chi connectivity index (χ0v) is 20.8. The van der Waals surface area contributed by atoms with Gasteiger partial charge in [0.1, 0.15) is 12.1 Å². The van der Waals surface area contributed by atoms with Crippen molar-refractivity contribution < 1.29 is 19.6 Å². The van der Waals surface area contributed by atoms with Crippen molar-refractivity contribution in [3.8, 4) is 0 Å². The first-order valence-corrected chi connectivity index (χ1v) is 11.5. The molecule has 5 N–H and O–H groups in total. The van der Waals surface area contributed by atoms with Crippen molar-refractivity contribution in [1.29, 1.82) is 0 Å². The van der Waals surface area contributed by atoms with Gasteiger partial charge in [0.2, 0.25) is 11.8 Å². The number of para-hydroxylation sites is 1. The molecule has 0 bridgehead atoms. The summed E-state index contributed by atoms with van der Waals surface area (Å²) in [6, 6.07) is 7.72. The lowest BCUT2D eigenvalue weighted by atomic mass is 9.84. The zero-order chi connectivity index (χ0) is 25.5. The van der Waals surface area contributed by atoms with Crippen molar-refractivity contribution in [3.63, 3.8) is 0 Å². The molecule has 1 heterocycles. The lowest BCUT2D eigenvalue weighted by molar-refractivity contribution is -0.140. The number of aromatic nitrogens is 1. The smallest absolute Gasteiger partial charge is 0.261 e. The van der Waals surface area contributed by atoms with Crippen LogP contribution in [0.15, 0.2) is 36.5 Å². The van der Waals surface area contributed by atoms with Crippen LogP contribution in [-0.4, -0.2) is 47.0 Å². The van der Waals surface area contributed by atoms with Crippen molar-refractivity contribution in [2.45, 2.75) is 59.7 Å². The second-order valence-corrected chi connectivity index (χ2v) is 9.98. The van der Waals surface area contributed by atoms with E-state index < -0.39 is 35.2 Å². The number of benzene rings is 1. The van der Waals surface area contributed by atoms with Crippen LogP contribution in [0.3, 0.4) is 0 Å². The third kappa shape index (κ3) is 6.98. The highest BCUT2D eigenvalue weighted by atomic mass is 16.5. The van der Waals surface area contributed by atoms with E-state index in [1.807, 2.05) is 65.0 Å². The van der Waals surface area contributed by atoms with E-state index in [9.17, 15) is 19.6 Å². The fraction of sp³-hybridized carbons (Fsp3) is 0.520. The van der Waals surface area contributed by atoms with Gasteiger partial charge < -0.3 is 16.0 Å². The number of nitrogens with one attached hydrogen (secondary N) is 4. The van der Waals surface area contributed by atoms with E-state index in [-0.39, 0.29) is 18.4 Å². The lowest BCUT2D eigenvalue weighted by Gasteiger charge is -2.33. The summed E-state index contributed by atoms with van der Waals surface area (Å²) in [6.45, 7) is 9.72. The number of amides is 3. The summed E-state index contributed by atoms with van der Waals surface area (Å²) >= 11 is 0. The molecule has 9 heteroatoms. The van der Waals surface area contributed by atoms with Gasteiger partial charge in [-0.1, -0.05) is 58.9 Å². The SMILES string of the molecule is CNC(=O)[C@@H](NC(=O)[C@H](CC(C)C)[C@H](NCc1cccc2cccnc12)C(=O)NO)C(C)(C)C. The topological polar surface area (TPSA) is 132 Å². The molecule has 1 aromatic carbocycles. The monoisotopic (exact) mass is 471 g/mol. The Hall–Kier alpha value is -3.04. The highest BCUT2D eigenvalue weighted by Gasteiger charge is 2.38. The standard InChI is InChI=1S/C25H37N5O4/c1-15(2)13-18(22(31)29-21(24(33)26-6)25(3,4)5)20(23(32)30-34)28-14-17-10-7-9-16-11-8-12-27-19(16)17/h7-12,15,18,20-21,28,34H,13-14H2,1-6H3,(H,26,33)(H,29,31)(H,30,32)/t18-,20+,21-/m1/s1. The number of rotatable bonds is 10. The Morgan fingerprint density at radius 1 is 1.03 bits per heavy atom. The normalized spacial score (nSPS) is 14.4. The van der Waals surface area contributed by atoms with Crippen molar-refractivity contribution in [2.75, 3.05) is 7.05 Å². The molecule has 2 rings (SSSR count). The van der Waals surface area contributed by atoms with Crippen molar-refractivity contribution in [3.05, 3.63) is 42.1 Å². The molecule has 186 valence electrons. The van der Waals surface area contributed by atoms with E-state index in [0.717, 1.165) is 16.5 Å². The van der Waals surface area contributed by atoms with Crippen LogP contribution in [0.2, 0.25) is 0 Å². The van der Waals surface area contributed by atoms with Gasteiger partial charge in [-0.25, -0.2) is 5.48 Å². The van der Waals surface area contributed by atoms with Gasteiger partial charge in [-0.2, -0.15) is 0 Å². The Kier molecular flexibility index (Phi) is 9.52. The van der Waals surface area contributed by atoms with E-state index in [4.69, 9.17) is 0 Å². The molecule has 0 aliphatic carbocycles. The van der Waals surface area contributed by atoms with Crippen molar-refractivity contribution >= 4 is 28.6 Å². The van der Waals surface area contributed by atoms with Crippen molar-refractivity contribution in [2.24, 2.45) is 17.3 Å². The fourth-order valence-corrected chi connectivity index (χ4v) is 3.99. The summed E-state index contributed by atoms with van der Waals surface area (Å²) in [5.41, 5.74) is 2.79. The van der Waals surface area contributed by atoms with Gasteiger partial charge in [0.05, 0.1) is 11.4 Å². The Balaban J connectivity index is 2.35. The van der Waals surface area contributed by atoms with Crippen LogP contribution in [0.25, 0.3) is 10.9 Å². The summed E-state index contributed by atoms with van der Waals surface area (Å²) in [6.07, 6.45) is 2.07. The third-order valence-corrected chi connectivity index (χ3v) is 5.75. The summed E-state index contributed by atoms with van der Waals surface area (Å²) in [5.74, 6) is -2.22. The van der Waals surface area contributed by atoms with Gasteiger partial charge >= 0.3 is 0 Å². The first-order valence-electron chi connectivity index (χ1n) is 11.5. The Morgan fingerprint density at radius 2 is 1.71 bits per heavy atom. The Labute approximate surface area is 201 Å². The van der Waals surface area contributed by atoms with Gasteiger partial charge in [-0.05, 0) is 29.4 Å². The minimum absolute atomic E-state index is 0.0823. The third-order valence-electron chi connectivity index (χ3n) is 5.75. The van der Waals surface area contributed by atoms with Crippen molar-refractivity contribution in [1.82, 2.24) is 26.4 Å². The molecule has 2 aromatic rings. The molecular weight excluding hydrogens is 434 g/mol. The number of hydrogen-bond acceptors (Lipinski definition) is 6. The number of hydroxylamine groups is 1. The largest absolute Gasteiger partial charge is 0.357 e. The number of likely N-dealkylation sites (N-methyl/N-ethyl adjacent to an activating group) is 1. The molecule has 0 aliphatic heterocycles. The number of nitrogens with zero attached hydrogens (tertiary/aromatic N) is 1. The van der Waals surface area contributed by atoms with E-state index in [1.54, 1.807) is 11.7 Å². The predicted octanol–water partition coefficient (Wildman–Crippen LogP) is 2.14. The number of pyridine rings is 1. The van der Waals surface area contributed by atoms with Gasteiger partial charge in [0, 0.05) is 25.2 Å². The van der Waals surface area contributed by atoms with Crippen LogP contribution >= 0.6 is 0 Å². The number of carbonyl (C=O) groups excluding carboxylic acids is 3. The second kappa shape index (κ2) is 11.9. The highest BCUT2D eigenvalue weighted by molar-refractivity contribution is 5.93. The first-order chi connectivity index (χ1) is 16.0. The van der Waals surface area contributed by atoms with Crippen LogP contribution < -0.4 is 21.4 Å². The molecular formula is C25H37N5O4. The maximum atomic E-state index is 13.4. The summed E-state index contributed by atoms with van der Waals surface area (Å²) in [7, 11) is 1.51. The molecule has 1 aromatic heterocycles. The molecule has 0 unspecified atom stereocenters. The van der Waals surface area contributed by atoms with E-state index in [1.165, 1.54) is 7.05 Å². The summed E-state index contributed by atoms with van der Waals surface area (Å²) in [5, 5.41) is 19.0. The maximum absolute atomic E-state index is 13.4. The average Bonchev–Trinajstić information content (AvgIpc) is 2.80. The molecule has 9 nitrogen and oxygen atoms in total. The number of carbonyl (C=O) groups is 3. The molecule has 3 atom stereocenters. The number of fused-ring (bicyclic) bond motifs is 1. The molecule has 3 amide bonds. The molecule has 0 saturated heterocycles. The zero-order valence-electron chi connectivity index (χ0n) is 20.8. The number of hydrogen-bond donors (Lipinski definition) is 5. The van der Waals surface area contributed by atoms with Crippen LogP contribution in [0.1, 0.15) is 46.6 Å². The second-order valence-electron chi connectivity index (χ2n) is 9.98. The molecule has 0 fully saturated rings. The van der Waals surface area contributed by atoms with Gasteiger partial charge in [-0.3, -0.25) is 24.6 Å². The van der Waals surface area contributed by atoms with E-state index in [2.05, 4.69) is 20.9 Å². The maximum Gasteiger partial charge on any atom is 0.261 e. The summed E-state index contributed by atoms with van der Waals surface area (Å²) in [4.78, 5) is 43.0. The molecule has 0 saturated carbocycles. The minimum Gasteiger partial charge on any atom is -0.357 e. The highest BCUT2D eigenvalue weighted by Crippen LogP contribution is 2.23. The van der Waals surface area contributed by atoms with E-state index in [0.29, 0.717) is 6.42 Å². The molecule has 0 aliphatic rings. The van der Waals surface area contributed by atoms with Gasteiger partial charge in [0.15, 0.2) is 0 Å². The summed E-state index contributed by atoms with van der Waals surface area (Å²) < 4.78 is 0. The average molecular weight is 472 g/mol. The lowest BCUT2D eigenvalue weighted by Crippen LogP contribution is -2.58. The van der Waals surface area contributed by atoms with E-state index >= 15 is 0 Å². The fourth-order valence-electron chi connectivity index (χ4n) is 3.99. The molecule has 0 radical (unpaired) electrons. The molecule has 34 heavy (non-hydrogen) atoms. The van der Waals surface area contributed by atoms with Gasteiger partial charge in [0.25, 0.3) is 5.91 Å². The Bertz CT molecular complexity index is 997. The minimum atomic E-state index is -1.03. The van der Waals surface area contributed by atoms with Gasteiger partial charge in [-0.15, -0.1) is 0 Å². The van der Waals surface area contributed by atoms with Crippen LogP contribution in [0.5, 0.6) is 0 Å². The predicted molar refractivity (Wildman–Crippen MR) is 131 cm³/mol. The van der Waals surface area contributed by atoms with Crippen LogP contribution in [0, 0.1) is 17.3 Å². The van der Waals surface area contributed by atoms with Crippen LogP contribution in [0.4, 0.5) is 0 Å². The first kappa shape index (κ1) is 27.2.